The van der Waals surface area contributed by atoms with E-state index in [-0.39, 0.29) is 5.54 Å². The molecule has 1 rings (SSSR count). The van der Waals surface area contributed by atoms with Gasteiger partial charge >= 0.3 is 0 Å². The molecule has 0 bridgehead atoms. The Hall–Kier alpha value is -0.910. The Morgan fingerprint density at radius 1 is 1.14 bits per heavy atom. The first-order valence-electron chi connectivity index (χ1n) is 7.86. The van der Waals surface area contributed by atoms with Crippen LogP contribution in [-0.4, -0.2) is 37.9 Å². The van der Waals surface area contributed by atoms with Crippen molar-refractivity contribution in [2.24, 2.45) is 5.92 Å². The smallest absolute Gasteiger partial charge is 0.242 e. The Kier molecular flexibility index (Phi) is 6.59. The maximum Gasteiger partial charge on any atom is 0.242 e. The van der Waals surface area contributed by atoms with Crippen molar-refractivity contribution in [1.29, 1.82) is 0 Å². The lowest BCUT2D eigenvalue weighted by Crippen LogP contribution is -2.54. The molecule has 0 heterocycles. The molecule has 1 unspecified atom stereocenters. The van der Waals surface area contributed by atoms with Crippen LogP contribution in [0.2, 0.25) is 0 Å². The molecule has 0 fully saturated rings. The molecular formula is C17H30N2O2S. The predicted molar refractivity (Wildman–Crippen MR) is 92.4 cm³/mol. The highest BCUT2D eigenvalue weighted by atomic mass is 32.2. The normalized spacial score (nSPS) is 15.5. The van der Waals surface area contributed by atoms with Gasteiger partial charge in [0.2, 0.25) is 10.0 Å². The lowest BCUT2D eigenvalue weighted by molar-refractivity contribution is 0.230. The second-order valence-corrected chi connectivity index (χ2v) is 9.08. The zero-order chi connectivity index (χ0) is 17.0. The van der Waals surface area contributed by atoms with Gasteiger partial charge in [0.05, 0.1) is 4.90 Å². The molecule has 1 N–H and O–H groups in total. The van der Waals surface area contributed by atoms with E-state index in [4.69, 9.17) is 0 Å². The molecule has 0 aliphatic rings. The van der Waals surface area contributed by atoms with Crippen LogP contribution in [0, 0.1) is 5.92 Å². The van der Waals surface area contributed by atoms with Crippen LogP contribution in [0.15, 0.2) is 35.2 Å². The highest BCUT2D eigenvalue weighted by Crippen LogP contribution is 2.22. The minimum absolute atomic E-state index is 0.251. The lowest BCUT2D eigenvalue weighted by Gasteiger charge is -2.37. The Morgan fingerprint density at radius 3 is 2.14 bits per heavy atom. The first-order chi connectivity index (χ1) is 10.1. The van der Waals surface area contributed by atoms with Crippen molar-refractivity contribution in [2.75, 3.05) is 13.6 Å². The second-order valence-electron chi connectivity index (χ2n) is 7.03. The van der Waals surface area contributed by atoms with Crippen LogP contribution in [0.3, 0.4) is 0 Å². The average molecular weight is 327 g/mol. The van der Waals surface area contributed by atoms with Gasteiger partial charge in [-0.05, 0) is 31.4 Å². The third kappa shape index (κ3) is 5.38. The molecule has 0 aromatic heterocycles. The highest BCUT2D eigenvalue weighted by Gasteiger charge is 2.32. The molecule has 0 saturated carbocycles. The molecule has 22 heavy (non-hydrogen) atoms. The monoisotopic (exact) mass is 326 g/mol. The fraction of sp³-hybridized carbons (Fsp3) is 0.647. The zero-order valence-corrected chi connectivity index (χ0v) is 15.4. The number of nitrogens with zero attached hydrogens (tertiary/aromatic N) is 1. The van der Waals surface area contributed by atoms with Gasteiger partial charge in [-0.1, -0.05) is 45.9 Å². The maximum atomic E-state index is 12.7. The van der Waals surface area contributed by atoms with Crippen LogP contribution < -0.4 is 5.32 Å². The van der Waals surface area contributed by atoms with Gasteiger partial charge in [-0.3, -0.25) is 0 Å². The third-order valence-corrected chi connectivity index (χ3v) is 5.34. The van der Waals surface area contributed by atoms with Crippen molar-refractivity contribution in [3.8, 4) is 0 Å². The topological polar surface area (TPSA) is 49.4 Å². The second kappa shape index (κ2) is 7.57. The quantitative estimate of drug-likeness (QED) is 0.798. The molecular weight excluding hydrogens is 296 g/mol. The molecule has 0 aliphatic carbocycles. The van der Waals surface area contributed by atoms with Gasteiger partial charge < -0.3 is 5.32 Å². The number of rotatable bonds is 8. The average Bonchev–Trinajstić information content (AvgIpc) is 2.37. The summed E-state index contributed by atoms with van der Waals surface area (Å²) >= 11 is 0. The SMILES string of the molecule is CC(C)CC(C)(CN(C)S(=O)(=O)c1ccccc1)NC(C)C. The molecule has 126 valence electrons. The van der Waals surface area contributed by atoms with Gasteiger partial charge in [0, 0.05) is 25.2 Å². The highest BCUT2D eigenvalue weighted by molar-refractivity contribution is 7.89. The minimum atomic E-state index is -3.45. The van der Waals surface area contributed by atoms with Gasteiger partial charge in [0.1, 0.15) is 0 Å². The van der Waals surface area contributed by atoms with Gasteiger partial charge in [0.25, 0.3) is 0 Å². The number of likely N-dealkylation sites (N-methyl/N-ethyl adjacent to an activating group) is 1. The Labute approximate surface area is 136 Å². The Bertz CT molecular complexity index is 543. The van der Waals surface area contributed by atoms with Crippen molar-refractivity contribution in [1.82, 2.24) is 9.62 Å². The third-order valence-electron chi connectivity index (χ3n) is 3.52. The molecule has 1 aromatic rings. The molecule has 4 nitrogen and oxygen atoms in total. The van der Waals surface area contributed by atoms with Crippen molar-refractivity contribution in [2.45, 2.75) is 57.5 Å². The number of benzene rings is 1. The first kappa shape index (κ1) is 19.1. The molecule has 5 heteroatoms. The maximum absolute atomic E-state index is 12.7. The van der Waals surface area contributed by atoms with Crippen LogP contribution in [-0.2, 0) is 10.0 Å². The summed E-state index contributed by atoms with van der Waals surface area (Å²) in [4.78, 5) is 0.342. The molecule has 0 aliphatic heterocycles. The van der Waals surface area contributed by atoms with Gasteiger partial charge in [-0.2, -0.15) is 4.31 Å². The van der Waals surface area contributed by atoms with E-state index in [1.807, 2.05) is 6.07 Å². The molecule has 0 amide bonds. The predicted octanol–water partition coefficient (Wildman–Crippen LogP) is 3.11. The van der Waals surface area contributed by atoms with Gasteiger partial charge in [-0.15, -0.1) is 0 Å². The largest absolute Gasteiger partial charge is 0.308 e. The Balaban J connectivity index is 2.97. The Morgan fingerprint density at radius 2 is 1.68 bits per heavy atom. The van der Waals surface area contributed by atoms with Gasteiger partial charge in [0.15, 0.2) is 0 Å². The summed E-state index contributed by atoms with van der Waals surface area (Å²) in [7, 11) is -1.79. The van der Waals surface area contributed by atoms with Gasteiger partial charge in [-0.25, -0.2) is 8.42 Å². The van der Waals surface area contributed by atoms with Crippen LogP contribution in [0.5, 0.6) is 0 Å². The fourth-order valence-electron chi connectivity index (χ4n) is 3.12. The summed E-state index contributed by atoms with van der Waals surface area (Å²) in [6, 6.07) is 8.91. The summed E-state index contributed by atoms with van der Waals surface area (Å²) in [5.74, 6) is 0.490. The fourth-order valence-corrected chi connectivity index (χ4v) is 4.43. The van der Waals surface area contributed by atoms with E-state index < -0.39 is 10.0 Å². The van der Waals surface area contributed by atoms with E-state index in [1.165, 1.54) is 4.31 Å². The van der Waals surface area contributed by atoms with E-state index in [1.54, 1.807) is 31.3 Å². The summed E-state index contributed by atoms with van der Waals surface area (Å²) in [5, 5.41) is 3.54. The number of hydrogen-bond acceptors (Lipinski definition) is 3. The standard InChI is InChI=1S/C17H30N2O2S/c1-14(2)12-17(5,18-15(3)4)13-19(6)22(20,21)16-10-8-7-9-11-16/h7-11,14-15,18H,12-13H2,1-6H3. The van der Waals surface area contributed by atoms with E-state index in [9.17, 15) is 8.42 Å². The van der Waals surface area contributed by atoms with Crippen molar-refractivity contribution in [3.05, 3.63) is 30.3 Å². The summed E-state index contributed by atoms with van der Waals surface area (Å²) < 4.78 is 26.8. The number of nitrogens with one attached hydrogen (secondary N) is 1. The van der Waals surface area contributed by atoms with Crippen LogP contribution in [0.1, 0.15) is 41.0 Å². The summed E-state index contributed by atoms with van der Waals surface area (Å²) in [6.07, 6.45) is 0.916. The van der Waals surface area contributed by atoms with Crippen LogP contribution in [0.4, 0.5) is 0 Å². The summed E-state index contributed by atoms with van der Waals surface area (Å²) in [5.41, 5.74) is -0.251. The van der Waals surface area contributed by atoms with E-state index in [2.05, 4.69) is 39.9 Å². The van der Waals surface area contributed by atoms with Crippen molar-refractivity contribution in [3.63, 3.8) is 0 Å². The number of sulfonamides is 1. The molecule has 0 saturated heterocycles. The first-order valence-corrected chi connectivity index (χ1v) is 9.30. The lowest BCUT2D eigenvalue weighted by atomic mass is 9.90. The molecule has 1 atom stereocenters. The molecule has 1 aromatic carbocycles. The van der Waals surface area contributed by atoms with E-state index >= 15 is 0 Å². The van der Waals surface area contributed by atoms with E-state index in [0.29, 0.717) is 23.4 Å². The van der Waals surface area contributed by atoms with Crippen LogP contribution in [0.25, 0.3) is 0 Å². The zero-order valence-electron chi connectivity index (χ0n) is 14.6. The molecule has 0 spiro atoms. The minimum Gasteiger partial charge on any atom is -0.308 e. The van der Waals surface area contributed by atoms with E-state index in [0.717, 1.165) is 6.42 Å². The number of hydrogen-bond donors (Lipinski definition) is 1. The van der Waals surface area contributed by atoms with Crippen molar-refractivity contribution >= 4 is 10.0 Å². The summed E-state index contributed by atoms with van der Waals surface area (Å²) in [6.45, 7) is 11.0. The van der Waals surface area contributed by atoms with Crippen molar-refractivity contribution < 1.29 is 8.42 Å². The molecule has 0 radical (unpaired) electrons. The van der Waals surface area contributed by atoms with Crippen LogP contribution >= 0.6 is 0 Å².